The summed E-state index contributed by atoms with van der Waals surface area (Å²) in [6.45, 7) is 5.14. The number of rotatable bonds is 5. The summed E-state index contributed by atoms with van der Waals surface area (Å²) >= 11 is 6.22. The highest BCUT2D eigenvalue weighted by molar-refractivity contribution is 6.30. The number of hydrogen-bond acceptors (Lipinski definition) is 5. The van der Waals surface area contributed by atoms with Crippen LogP contribution in [0.3, 0.4) is 0 Å². The monoisotopic (exact) mass is 489 g/mol. The van der Waals surface area contributed by atoms with Gasteiger partial charge < -0.3 is 9.30 Å². The van der Waals surface area contributed by atoms with Crippen molar-refractivity contribution in [3.05, 3.63) is 87.7 Å². The number of amides is 1. The van der Waals surface area contributed by atoms with Crippen LogP contribution in [0.2, 0.25) is 5.02 Å². The van der Waals surface area contributed by atoms with Gasteiger partial charge in [0.05, 0.1) is 16.3 Å². The van der Waals surface area contributed by atoms with E-state index in [1.54, 1.807) is 19.1 Å². The molecule has 1 aliphatic heterocycles. The molecule has 3 heterocycles. The van der Waals surface area contributed by atoms with Crippen molar-refractivity contribution >= 4 is 28.8 Å². The molecule has 4 aromatic rings. The molecule has 2 aromatic heterocycles. The van der Waals surface area contributed by atoms with Gasteiger partial charge in [0.1, 0.15) is 5.65 Å². The summed E-state index contributed by atoms with van der Waals surface area (Å²) in [5.41, 5.74) is 5.46. The van der Waals surface area contributed by atoms with Gasteiger partial charge in [-0.25, -0.2) is 4.98 Å². The summed E-state index contributed by atoms with van der Waals surface area (Å²) in [6, 6.07) is 18.2. The quantitative estimate of drug-likeness (QED) is 0.294. The number of hydrogen-bond donors (Lipinski definition) is 0. The minimum atomic E-state index is -0.403. The van der Waals surface area contributed by atoms with Gasteiger partial charge in [-0.2, -0.15) is 0 Å². The van der Waals surface area contributed by atoms with Crippen LogP contribution >= 0.6 is 11.6 Å². The van der Waals surface area contributed by atoms with Crippen LogP contribution in [-0.4, -0.2) is 56.2 Å². The van der Waals surface area contributed by atoms with E-state index in [4.69, 9.17) is 16.6 Å². The van der Waals surface area contributed by atoms with E-state index in [0.717, 1.165) is 46.8 Å². The number of fused-ring (bicyclic) bond motifs is 1. The summed E-state index contributed by atoms with van der Waals surface area (Å²) in [7, 11) is 0. The van der Waals surface area contributed by atoms with E-state index < -0.39 is 4.92 Å². The minimum absolute atomic E-state index is 0.0441. The van der Waals surface area contributed by atoms with E-state index in [9.17, 15) is 14.9 Å². The smallest absolute Gasteiger partial charge is 0.269 e. The first-order valence-corrected chi connectivity index (χ1v) is 11.8. The fourth-order valence-electron chi connectivity index (χ4n) is 4.49. The number of carbonyl (C=O) groups excluding carboxylic acids is 1. The van der Waals surface area contributed by atoms with Crippen molar-refractivity contribution in [1.82, 2.24) is 19.2 Å². The van der Waals surface area contributed by atoms with Crippen LogP contribution in [0.4, 0.5) is 5.69 Å². The Morgan fingerprint density at radius 1 is 1.00 bits per heavy atom. The number of benzene rings is 2. The van der Waals surface area contributed by atoms with E-state index in [1.165, 1.54) is 12.1 Å². The number of aromatic nitrogens is 2. The summed E-state index contributed by atoms with van der Waals surface area (Å²) in [4.78, 5) is 31.5. The van der Waals surface area contributed by atoms with Gasteiger partial charge in [0, 0.05) is 68.6 Å². The number of nitrogens with zero attached hydrogens (tertiary/aromatic N) is 5. The van der Waals surface area contributed by atoms with E-state index in [2.05, 4.69) is 15.5 Å². The number of carbonyl (C=O) groups is 1. The molecule has 1 fully saturated rings. The van der Waals surface area contributed by atoms with Crippen LogP contribution in [0.1, 0.15) is 12.6 Å². The SMILES string of the molecule is CC(=O)N1CCN(Cc2c(-c3ccc([N+](=O)[O-])cc3)nc3ccc(-c4cccc(Cl)c4)cn23)CC1. The maximum atomic E-state index is 11.7. The van der Waals surface area contributed by atoms with E-state index in [0.29, 0.717) is 24.7 Å². The van der Waals surface area contributed by atoms with E-state index in [-0.39, 0.29) is 11.6 Å². The highest BCUT2D eigenvalue weighted by Gasteiger charge is 2.23. The number of non-ortho nitro benzene ring substituents is 1. The molecule has 0 radical (unpaired) electrons. The summed E-state index contributed by atoms with van der Waals surface area (Å²) in [6.07, 6.45) is 2.06. The molecule has 1 aliphatic rings. The van der Waals surface area contributed by atoms with Gasteiger partial charge in [-0.3, -0.25) is 19.8 Å². The number of nitro groups is 1. The second kappa shape index (κ2) is 9.48. The Balaban J connectivity index is 1.57. The number of pyridine rings is 1. The van der Waals surface area contributed by atoms with Crippen molar-refractivity contribution in [3.63, 3.8) is 0 Å². The lowest BCUT2D eigenvalue weighted by Gasteiger charge is -2.34. The second-order valence-corrected chi connectivity index (χ2v) is 9.09. The van der Waals surface area contributed by atoms with Gasteiger partial charge in [-0.15, -0.1) is 0 Å². The molecule has 0 bridgehead atoms. The molecule has 178 valence electrons. The highest BCUT2D eigenvalue weighted by Crippen LogP contribution is 2.30. The van der Waals surface area contributed by atoms with Crippen LogP contribution < -0.4 is 0 Å². The summed E-state index contributed by atoms with van der Waals surface area (Å²) < 4.78 is 2.09. The summed E-state index contributed by atoms with van der Waals surface area (Å²) in [5.74, 6) is 0.0946. The molecule has 8 nitrogen and oxygen atoms in total. The molecule has 35 heavy (non-hydrogen) atoms. The first-order chi connectivity index (χ1) is 16.9. The molecule has 0 saturated carbocycles. The third kappa shape index (κ3) is 4.76. The van der Waals surface area contributed by atoms with E-state index >= 15 is 0 Å². The second-order valence-electron chi connectivity index (χ2n) is 8.65. The molecule has 0 N–H and O–H groups in total. The number of piperazine rings is 1. The zero-order valence-corrected chi connectivity index (χ0v) is 20.0. The third-order valence-corrected chi connectivity index (χ3v) is 6.65. The molecular weight excluding hydrogens is 466 g/mol. The average molecular weight is 490 g/mol. The van der Waals surface area contributed by atoms with Gasteiger partial charge >= 0.3 is 0 Å². The van der Waals surface area contributed by atoms with Crippen molar-refractivity contribution in [1.29, 1.82) is 0 Å². The van der Waals surface area contributed by atoms with Gasteiger partial charge in [0.15, 0.2) is 0 Å². The lowest BCUT2D eigenvalue weighted by molar-refractivity contribution is -0.384. The van der Waals surface area contributed by atoms with Crippen LogP contribution in [0.5, 0.6) is 0 Å². The number of imidazole rings is 1. The van der Waals surface area contributed by atoms with Crippen molar-refractivity contribution in [3.8, 4) is 22.4 Å². The van der Waals surface area contributed by atoms with Crippen LogP contribution in [0.15, 0.2) is 66.9 Å². The normalized spacial score (nSPS) is 14.4. The zero-order valence-electron chi connectivity index (χ0n) is 19.2. The molecule has 9 heteroatoms. The van der Waals surface area contributed by atoms with Crippen molar-refractivity contribution in [2.75, 3.05) is 26.2 Å². The molecule has 0 aliphatic carbocycles. The van der Waals surface area contributed by atoms with Gasteiger partial charge in [-0.1, -0.05) is 23.7 Å². The molecular formula is C26H24ClN5O3. The molecule has 5 rings (SSSR count). The van der Waals surface area contributed by atoms with Crippen LogP contribution in [-0.2, 0) is 11.3 Å². The number of halogens is 1. The molecule has 0 spiro atoms. The average Bonchev–Trinajstić information content (AvgIpc) is 3.22. The maximum Gasteiger partial charge on any atom is 0.269 e. The molecule has 1 saturated heterocycles. The molecule has 0 unspecified atom stereocenters. The number of nitro benzene ring substituents is 1. The summed E-state index contributed by atoms with van der Waals surface area (Å²) in [5, 5.41) is 11.8. The third-order valence-electron chi connectivity index (χ3n) is 6.42. The first kappa shape index (κ1) is 23.0. The van der Waals surface area contributed by atoms with Crippen LogP contribution in [0.25, 0.3) is 28.0 Å². The van der Waals surface area contributed by atoms with Crippen molar-refractivity contribution in [2.45, 2.75) is 13.5 Å². The Hall–Kier alpha value is -3.75. The fraction of sp³-hybridized carbons (Fsp3) is 0.231. The van der Waals surface area contributed by atoms with E-state index in [1.807, 2.05) is 41.3 Å². The Morgan fingerprint density at radius 3 is 2.37 bits per heavy atom. The lowest BCUT2D eigenvalue weighted by Crippen LogP contribution is -2.47. The Bertz CT molecular complexity index is 1410. The Morgan fingerprint density at radius 2 is 1.71 bits per heavy atom. The van der Waals surface area contributed by atoms with Crippen molar-refractivity contribution in [2.24, 2.45) is 0 Å². The largest absolute Gasteiger partial charge is 0.340 e. The molecule has 2 aromatic carbocycles. The Labute approximate surface area is 207 Å². The fourth-order valence-corrected chi connectivity index (χ4v) is 4.68. The Kier molecular flexibility index (Phi) is 6.23. The molecule has 0 atom stereocenters. The highest BCUT2D eigenvalue weighted by atomic mass is 35.5. The predicted octanol–water partition coefficient (Wildman–Crippen LogP) is 4.89. The topological polar surface area (TPSA) is 84.0 Å². The zero-order chi connectivity index (χ0) is 24.5. The minimum Gasteiger partial charge on any atom is -0.340 e. The first-order valence-electron chi connectivity index (χ1n) is 11.4. The lowest BCUT2D eigenvalue weighted by atomic mass is 10.1. The maximum absolute atomic E-state index is 11.7. The van der Waals surface area contributed by atoms with Gasteiger partial charge in [0.25, 0.3) is 5.69 Å². The molecule has 1 amide bonds. The predicted molar refractivity (Wildman–Crippen MR) is 135 cm³/mol. The van der Waals surface area contributed by atoms with Crippen molar-refractivity contribution < 1.29 is 9.72 Å². The van der Waals surface area contributed by atoms with Gasteiger partial charge in [-0.05, 0) is 47.5 Å². The van der Waals surface area contributed by atoms with Crippen LogP contribution in [0, 0.1) is 10.1 Å². The standard InChI is InChI=1S/C26H24ClN5O3/c1-18(33)30-13-11-29(12-14-30)17-24-26(19-5-8-23(9-6-19)32(34)35)28-25-10-7-21(16-31(24)25)20-3-2-4-22(27)15-20/h2-10,15-16H,11-14,17H2,1H3. The van der Waals surface area contributed by atoms with Gasteiger partial charge in [0.2, 0.25) is 5.91 Å².